The SMILES string of the molecule is CCN1C(=O)C(CC(=O)O)=C(C(=O)c2ccc([N+](=O)[O-])cc2)C1SC. The van der Waals surface area contributed by atoms with E-state index in [0.29, 0.717) is 6.54 Å². The molecule has 0 saturated heterocycles. The van der Waals surface area contributed by atoms with Crippen LogP contribution in [0.5, 0.6) is 0 Å². The Balaban J connectivity index is 2.50. The predicted octanol–water partition coefficient (Wildman–Crippen LogP) is 2.10. The van der Waals surface area contributed by atoms with Crippen molar-refractivity contribution in [3.8, 4) is 0 Å². The van der Waals surface area contributed by atoms with E-state index in [0.717, 1.165) is 0 Å². The minimum Gasteiger partial charge on any atom is -0.481 e. The van der Waals surface area contributed by atoms with E-state index >= 15 is 0 Å². The number of carbonyl (C=O) groups is 3. The lowest BCUT2D eigenvalue weighted by Crippen LogP contribution is -2.34. The fourth-order valence-electron chi connectivity index (χ4n) is 2.72. The number of hydrogen-bond acceptors (Lipinski definition) is 6. The van der Waals surface area contributed by atoms with Crippen LogP contribution in [0.25, 0.3) is 0 Å². The van der Waals surface area contributed by atoms with E-state index in [4.69, 9.17) is 5.11 Å². The maximum Gasteiger partial charge on any atom is 0.308 e. The molecule has 1 aliphatic heterocycles. The van der Waals surface area contributed by atoms with Crippen LogP contribution in [0.15, 0.2) is 35.4 Å². The molecule has 0 aromatic heterocycles. The zero-order valence-corrected chi connectivity index (χ0v) is 14.4. The lowest BCUT2D eigenvalue weighted by atomic mass is 9.98. The standard InChI is InChI=1S/C16H16N2O6S/c1-3-17-15(22)11(8-12(19)20)13(16(17)25-2)14(21)9-4-6-10(7-5-9)18(23)24/h4-7,16H,3,8H2,1-2H3,(H,19,20). The monoisotopic (exact) mass is 364 g/mol. The Bertz CT molecular complexity index is 771. The van der Waals surface area contributed by atoms with Gasteiger partial charge in [0.25, 0.3) is 11.6 Å². The molecule has 0 saturated carbocycles. The molecular weight excluding hydrogens is 348 g/mol. The van der Waals surface area contributed by atoms with E-state index in [-0.39, 0.29) is 22.4 Å². The van der Waals surface area contributed by atoms with E-state index in [1.54, 1.807) is 13.2 Å². The van der Waals surface area contributed by atoms with Gasteiger partial charge in [0.05, 0.1) is 11.3 Å². The van der Waals surface area contributed by atoms with Gasteiger partial charge in [-0.15, -0.1) is 11.8 Å². The van der Waals surface area contributed by atoms with Crippen molar-refractivity contribution in [2.24, 2.45) is 0 Å². The fraction of sp³-hybridized carbons (Fsp3) is 0.312. The number of nitrogens with zero attached hydrogens (tertiary/aromatic N) is 2. The van der Waals surface area contributed by atoms with Crippen molar-refractivity contribution in [1.29, 1.82) is 0 Å². The van der Waals surface area contributed by atoms with Crippen LogP contribution >= 0.6 is 11.8 Å². The summed E-state index contributed by atoms with van der Waals surface area (Å²) in [6, 6.07) is 5.02. The van der Waals surface area contributed by atoms with Gasteiger partial charge in [-0.1, -0.05) is 0 Å². The summed E-state index contributed by atoms with van der Waals surface area (Å²) in [6.07, 6.45) is 1.19. The van der Waals surface area contributed by atoms with E-state index in [1.807, 2.05) is 0 Å². The van der Waals surface area contributed by atoms with E-state index in [2.05, 4.69) is 0 Å². The summed E-state index contributed by atoms with van der Waals surface area (Å²) in [4.78, 5) is 48.1. The van der Waals surface area contributed by atoms with Crippen molar-refractivity contribution in [2.45, 2.75) is 18.7 Å². The fourth-order valence-corrected chi connectivity index (χ4v) is 3.70. The average molecular weight is 364 g/mol. The van der Waals surface area contributed by atoms with E-state index in [1.165, 1.54) is 40.9 Å². The maximum atomic E-state index is 12.9. The van der Waals surface area contributed by atoms with Crippen molar-refractivity contribution in [3.63, 3.8) is 0 Å². The van der Waals surface area contributed by atoms with Crippen LogP contribution in [-0.2, 0) is 9.59 Å². The number of carboxylic acids is 1. The van der Waals surface area contributed by atoms with Gasteiger partial charge in [0.15, 0.2) is 5.78 Å². The summed E-state index contributed by atoms with van der Waals surface area (Å²) >= 11 is 1.26. The molecule has 25 heavy (non-hydrogen) atoms. The molecule has 1 aliphatic rings. The van der Waals surface area contributed by atoms with Gasteiger partial charge in [-0.05, 0) is 25.3 Å². The van der Waals surface area contributed by atoms with Gasteiger partial charge < -0.3 is 10.0 Å². The van der Waals surface area contributed by atoms with Gasteiger partial charge >= 0.3 is 5.97 Å². The molecule has 1 atom stereocenters. The summed E-state index contributed by atoms with van der Waals surface area (Å²) in [5.41, 5.74) is 0.122. The molecule has 9 heteroatoms. The quantitative estimate of drug-likeness (QED) is 0.447. The number of Topliss-reactive ketones (excluding diaryl/α,β-unsaturated/α-hetero) is 1. The molecule has 0 aliphatic carbocycles. The van der Waals surface area contributed by atoms with E-state index in [9.17, 15) is 24.5 Å². The third-order valence-electron chi connectivity index (χ3n) is 3.85. The molecule has 1 N–H and O–H groups in total. The zero-order chi connectivity index (χ0) is 18.7. The highest BCUT2D eigenvalue weighted by molar-refractivity contribution is 7.99. The number of non-ortho nitro benzene ring substituents is 1. The predicted molar refractivity (Wildman–Crippen MR) is 91.4 cm³/mol. The van der Waals surface area contributed by atoms with Gasteiger partial charge in [-0.2, -0.15) is 0 Å². The number of carboxylic acid groups (broad SMARTS) is 1. The lowest BCUT2D eigenvalue weighted by molar-refractivity contribution is -0.384. The highest BCUT2D eigenvalue weighted by Crippen LogP contribution is 2.35. The second-order valence-electron chi connectivity index (χ2n) is 5.28. The molecule has 1 unspecified atom stereocenters. The normalized spacial score (nSPS) is 17.1. The topological polar surface area (TPSA) is 118 Å². The van der Waals surface area contributed by atoms with Crippen molar-refractivity contribution in [3.05, 3.63) is 51.1 Å². The minimum atomic E-state index is -1.20. The number of hydrogen-bond donors (Lipinski definition) is 1. The van der Waals surface area contributed by atoms with Crippen LogP contribution < -0.4 is 0 Å². The highest BCUT2D eigenvalue weighted by Gasteiger charge is 2.41. The summed E-state index contributed by atoms with van der Waals surface area (Å²) in [7, 11) is 0. The van der Waals surface area contributed by atoms with Crippen molar-refractivity contribution in [2.75, 3.05) is 12.8 Å². The molecule has 0 radical (unpaired) electrons. The number of nitro benzene ring substituents is 1. The van der Waals surface area contributed by atoms with Crippen LogP contribution in [0.3, 0.4) is 0 Å². The van der Waals surface area contributed by atoms with Gasteiger partial charge in [-0.3, -0.25) is 24.5 Å². The lowest BCUT2D eigenvalue weighted by Gasteiger charge is -2.23. The zero-order valence-electron chi connectivity index (χ0n) is 13.6. The van der Waals surface area contributed by atoms with Crippen LogP contribution in [0, 0.1) is 10.1 Å². The Morgan fingerprint density at radius 1 is 1.32 bits per heavy atom. The first-order chi connectivity index (χ1) is 11.8. The largest absolute Gasteiger partial charge is 0.481 e. The summed E-state index contributed by atoms with van der Waals surface area (Å²) in [5.74, 6) is -2.15. The first kappa shape index (κ1) is 18.7. The second-order valence-corrected chi connectivity index (χ2v) is 6.19. The maximum absolute atomic E-state index is 12.9. The molecule has 0 fully saturated rings. The molecule has 2 rings (SSSR count). The van der Waals surface area contributed by atoms with Crippen molar-refractivity contribution >= 4 is 35.1 Å². The highest BCUT2D eigenvalue weighted by atomic mass is 32.2. The van der Waals surface area contributed by atoms with Crippen LogP contribution in [0.4, 0.5) is 5.69 Å². The number of thioether (sulfide) groups is 1. The van der Waals surface area contributed by atoms with Crippen LogP contribution in [-0.4, -0.2) is 50.8 Å². The molecule has 1 heterocycles. The molecule has 132 valence electrons. The number of aliphatic carboxylic acids is 1. The number of benzene rings is 1. The molecule has 1 aromatic rings. The molecule has 8 nitrogen and oxygen atoms in total. The summed E-state index contributed by atoms with van der Waals surface area (Å²) in [6.45, 7) is 2.09. The molecule has 1 amide bonds. The minimum absolute atomic E-state index is 0.0305. The number of nitro groups is 1. The van der Waals surface area contributed by atoms with Gasteiger partial charge in [-0.25, -0.2) is 0 Å². The Hall–Kier alpha value is -2.68. The van der Waals surface area contributed by atoms with Crippen LogP contribution in [0.1, 0.15) is 23.7 Å². The first-order valence-corrected chi connectivity index (χ1v) is 8.68. The third kappa shape index (κ3) is 3.55. The Morgan fingerprint density at radius 3 is 2.36 bits per heavy atom. The smallest absolute Gasteiger partial charge is 0.308 e. The summed E-state index contributed by atoms with van der Waals surface area (Å²) < 4.78 is 0. The molecule has 0 bridgehead atoms. The average Bonchev–Trinajstić information content (AvgIpc) is 2.85. The Labute approximate surface area is 147 Å². The van der Waals surface area contributed by atoms with Crippen molar-refractivity contribution < 1.29 is 24.4 Å². The number of amides is 1. The summed E-state index contributed by atoms with van der Waals surface area (Å²) in [5, 5.41) is 19.2. The third-order valence-corrected chi connectivity index (χ3v) is 4.79. The Kier molecular flexibility index (Phi) is 5.58. The van der Waals surface area contributed by atoms with E-state index < -0.39 is 34.4 Å². The molecular formula is C16H16N2O6S. The van der Waals surface area contributed by atoms with Gasteiger partial charge in [0.2, 0.25) is 0 Å². The second kappa shape index (κ2) is 7.47. The number of carbonyl (C=O) groups excluding carboxylic acids is 2. The number of ketones is 1. The van der Waals surface area contributed by atoms with Gasteiger partial charge in [0, 0.05) is 35.4 Å². The van der Waals surface area contributed by atoms with Gasteiger partial charge in [0.1, 0.15) is 5.37 Å². The van der Waals surface area contributed by atoms with Crippen LogP contribution in [0.2, 0.25) is 0 Å². The number of rotatable bonds is 7. The first-order valence-electron chi connectivity index (χ1n) is 7.39. The van der Waals surface area contributed by atoms with Crippen molar-refractivity contribution in [1.82, 2.24) is 4.90 Å². The molecule has 0 spiro atoms. The number of likely N-dealkylation sites (N-methyl/N-ethyl adjacent to an activating group) is 1. The Morgan fingerprint density at radius 2 is 1.92 bits per heavy atom. The molecule has 1 aromatic carbocycles.